The molecule has 3 rings (SSSR count). The molecular weight excluding hydrogens is 242 g/mol. The molecule has 0 saturated carbocycles. The van der Waals surface area contributed by atoms with Crippen LogP contribution >= 0.6 is 11.6 Å². The predicted octanol–water partition coefficient (Wildman–Crippen LogP) is 1.19. The molecule has 2 heterocycles. The summed E-state index contributed by atoms with van der Waals surface area (Å²) in [6.07, 6.45) is 0.512. The van der Waals surface area contributed by atoms with Gasteiger partial charge in [0.25, 0.3) is 5.91 Å². The highest BCUT2D eigenvalue weighted by atomic mass is 35.5. The van der Waals surface area contributed by atoms with Crippen molar-refractivity contribution >= 4 is 29.2 Å². The first kappa shape index (κ1) is 10.4. The van der Waals surface area contributed by atoms with Crippen LogP contribution in [0.4, 0.5) is 10.5 Å². The smallest absolute Gasteiger partial charge is 0.322 e. The summed E-state index contributed by atoms with van der Waals surface area (Å²) < 4.78 is 0. The van der Waals surface area contributed by atoms with Crippen LogP contribution in [0.1, 0.15) is 12.0 Å². The summed E-state index contributed by atoms with van der Waals surface area (Å²) in [7, 11) is 0. The summed E-state index contributed by atoms with van der Waals surface area (Å²) in [6.45, 7) is 0.588. The second kappa shape index (κ2) is 3.37. The maximum Gasteiger partial charge on any atom is 0.322 e. The zero-order valence-corrected chi connectivity index (χ0v) is 9.60. The van der Waals surface area contributed by atoms with E-state index in [2.05, 4.69) is 16.0 Å². The molecule has 17 heavy (non-hydrogen) atoms. The standard InChI is InChI=1S/C11H10ClN3O2/c12-7-3-1-2-6-8(7)13-5-4-11(6)9(16)14-10(17)15-11/h1-3,13H,4-5H2,(H2,14,15,16,17). The van der Waals surface area contributed by atoms with Crippen LogP contribution in [0.3, 0.4) is 0 Å². The first-order valence-electron chi connectivity index (χ1n) is 5.30. The molecule has 1 spiro atoms. The molecule has 88 valence electrons. The molecule has 1 unspecified atom stereocenters. The van der Waals surface area contributed by atoms with Crippen LogP contribution in [0.2, 0.25) is 5.02 Å². The van der Waals surface area contributed by atoms with Crippen molar-refractivity contribution in [2.24, 2.45) is 0 Å². The quantitative estimate of drug-likeness (QED) is 0.607. The topological polar surface area (TPSA) is 70.2 Å². The van der Waals surface area contributed by atoms with Gasteiger partial charge in [-0.1, -0.05) is 23.7 Å². The molecule has 3 N–H and O–H groups in total. The van der Waals surface area contributed by atoms with E-state index < -0.39 is 11.6 Å². The number of benzene rings is 1. The van der Waals surface area contributed by atoms with Gasteiger partial charge < -0.3 is 10.6 Å². The maximum absolute atomic E-state index is 12.0. The van der Waals surface area contributed by atoms with Gasteiger partial charge in [0.15, 0.2) is 0 Å². The highest BCUT2D eigenvalue weighted by Gasteiger charge is 2.50. The Morgan fingerprint density at radius 1 is 1.29 bits per heavy atom. The Bertz CT molecular complexity index is 531. The fraction of sp³-hybridized carbons (Fsp3) is 0.273. The summed E-state index contributed by atoms with van der Waals surface area (Å²) >= 11 is 6.08. The van der Waals surface area contributed by atoms with E-state index in [1.807, 2.05) is 0 Å². The highest BCUT2D eigenvalue weighted by Crippen LogP contribution is 2.40. The highest BCUT2D eigenvalue weighted by molar-refractivity contribution is 6.33. The molecular formula is C11H10ClN3O2. The van der Waals surface area contributed by atoms with Crippen LogP contribution in [0, 0.1) is 0 Å². The average molecular weight is 252 g/mol. The number of para-hydroxylation sites is 1. The third-order valence-corrected chi connectivity index (χ3v) is 3.53. The van der Waals surface area contributed by atoms with E-state index in [0.717, 1.165) is 11.3 Å². The minimum Gasteiger partial charge on any atom is -0.383 e. The van der Waals surface area contributed by atoms with Crippen LogP contribution in [0.5, 0.6) is 0 Å². The molecule has 1 aromatic carbocycles. The first-order valence-corrected chi connectivity index (χ1v) is 5.68. The number of nitrogens with one attached hydrogen (secondary N) is 3. The molecule has 0 aliphatic carbocycles. The lowest BCUT2D eigenvalue weighted by molar-refractivity contribution is -0.124. The van der Waals surface area contributed by atoms with E-state index in [1.54, 1.807) is 18.2 Å². The number of hydrogen-bond acceptors (Lipinski definition) is 3. The van der Waals surface area contributed by atoms with Gasteiger partial charge in [-0.05, 0) is 6.07 Å². The van der Waals surface area contributed by atoms with Gasteiger partial charge in [-0.25, -0.2) is 4.79 Å². The number of amides is 3. The summed E-state index contributed by atoms with van der Waals surface area (Å²) in [5, 5.41) is 8.69. The van der Waals surface area contributed by atoms with E-state index in [0.29, 0.717) is 18.0 Å². The van der Waals surface area contributed by atoms with Crippen LogP contribution in [0.15, 0.2) is 18.2 Å². The maximum atomic E-state index is 12.0. The van der Waals surface area contributed by atoms with Gasteiger partial charge in [-0.2, -0.15) is 0 Å². The number of urea groups is 1. The summed E-state index contributed by atoms with van der Waals surface area (Å²) in [5.74, 6) is -0.312. The molecule has 3 amide bonds. The molecule has 1 saturated heterocycles. The van der Waals surface area contributed by atoms with Crippen molar-refractivity contribution in [2.75, 3.05) is 11.9 Å². The molecule has 1 fully saturated rings. The molecule has 2 aliphatic rings. The van der Waals surface area contributed by atoms with Crippen LogP contribution in [-0.4, -0.2) is 18.5 Å². The monoisotopic (exact) mass is 251 g/mol. The number of anilines is 1. The van der Waals surface area contributed by atoms with Gasteiger partial charge in [0.2, 0.25) is 0 Å². The van der Waals surface area contributed by atoms with Gasteiger partial charge in [-0.3, -0.25) is 10.1 Å². The number of fused-ring (bicyclic) bond motifs is 2. The number of rotatable bonds is 0. The number of carbonyl (C=O) groups is 2. The largest absolute Gasteiger partial charge is 0.383 e. The zero-order chi connectivity index (χ0) is 12.0. The van der Waals surface area contributed by atoms with E-state index in [4.69, 9.17) is 11.6 Å². The van der Waals surface area contributed by atoms with Crippen molar-refractivity contribution in [3.63, 3.8) is 0 Å². The number of halogens is 1. The predicted molar refractivity (Wildman–Crippen MR) is 62.9 cm³/mol. The van der Waals surface area contributed by atoms with Gasteiger partial charge in [-0.15, -0.1) is 0 Å². The van der Waals surface area contributed by atoms with E-state index in [-0.39, 0.29) is 5.91 Å². The van der Waals surface area contributed by atoms with Gasteiger partial charge in [0.1, 0.15) is 5.54 Å². The molecule has 2 aliphatic heterocycles. The van der Waals surface area contributed by atoms with Crippen molar-refractivity contribution in [1.29, 1.82) is 0 Å². The Balaban J connectivity index is 2.20. The second-order valence-corrected chi connectivity index (χ2v) is 4.56. The second-order valence-electron chi connectivity index (χ2n) is 4.15. The van der Waals surface area contributed by atoms with Crippen molar-refractivity contribution in [1.82, 2.24) is 10.6 Å². The minimum absolute atomic E-state index is 0.312. The molecule has 0 aromatic heterocycles. The Morgan fingerprint density at radius 2 is 2.12 bits per heavy atom. The molecule has 5 nitrogen and oxygen atoms in total. The summed E-state index contributed by atoms with van der Waals surface area (Å²) in [6, 6.07) is 4.87. The summed E-state index contributed by atoms with van der Waals surface area (Å²) in [5.41, 5.74) is 0.472. The van der Waals surface area contributed by atoms with E-state index >= 15 is 0 Å². The summed E-state index contributed by atoms with van der Waals surface area (Å²) in [4.78, 5) is 23.3. The van der Waals surface area contributed by atoms with E-state index in [9.17, 15) is 9.59 Å². The number of carbonyl (C=O) groups excluding carboxylic acids is 2. The number of hydrogen-bond donors (Lipinski definition) is 3. The van der Waals surface area contributed by atoms with Gasteiger partial charge >= 0.3 is 6.03 Å². The molecule has 1 atom stereocenters. The lowest BCUT2D eigenvalue weighted by atomic mass is 9.83. The Hall–Kier alpha value is -1.75. The lowest BCUT2D eigenvalue weighted by Gasteiger charge is -2.33. The van der Waals surface area contributed by atoms with Gasteiger partial charge in [0, 0.05) is 18.5 Å². The van der Waals surface area contributed by atoms with Crippen molar-refractivity contribution in [3.8, 4) is 0 Å². The SMILES string of the molecule is O=C1NC(=O)C2(CCNc3c(Cl)cccc32)N1. The third-order valence-electron chi connectivity index (χ3n) is 3.22. The van der Waals surface area contributed by atoms with Crippen LogP contribution in [0.25, 0.3) is 0 Å². The fourth-order valence-corrected chi connectivity index (χ4v) is 2.67. The number of imide groups is 1. The Labute approximate surface area is 103 Å². The normalized spacial score (nSPS) is 26.2. The van der Waals surface area contributed by atoms with Crippen molar-refractivity contribution in [2.45, 2.75) is 12.0 Å². The molecule has 6 heteroatoms. The van der Waals surface area contributed by atoms with E-state index in [1.165, 1.54) is 0 Å². The van der Waals surface area contributed by atoms with Crippen molar-refractivity contribution < 1.29 is 9.59 Å². The average Bonchev–Trinajstić information content (AvgIpc) is 2.56. The molecule has 1 aromatic rings. The zero-order valence-electron chi connectivity index (χ0n) is 8.84. The lowest BCUT2D eigenvalue weighted by Crippen LogP contribution is -2.48. The first-order chi connectivity index (χ1) is 8.13. The van der Waals surface area contributed by atoms with Crippen molar-refractivity contribution in [3.05, 3.63) is 28.8 Å². The van der Waals surface area contributed by atoms with Gasteiger partial charge in [0.05, 0.1) is 10.7 Å². The minimum atomic E-state index is -0.970. The fourth-order valence-electron chi connectivity index (χ4n) is 2.43. The third kappa shape index (κ3) is 1.32. The molecule has 0 radical (unpaired) electrons. The van der Waals surface area contributed by atoms with Crippen LogP contribution < -0.4 is 16.0 Å². The molecule has 0 bridgehead atoms. The Kier molecular flexibility index (Phi) is 2.06. The Morgan fingerprint density at radius 3 is 2.82 bits per heavy atom. The van der Waals surface area contributed by atoms with Crippen LogP contribution in [-0.2, 0) is 10.3 Å².